The van der Waals surface area contributed by atoms with Crippen molar-refractivity contribution in [2.45, 2.75) is 19.8 Å². The number of aryl methyl sites for hydroxylation is 1. The van der Waals surface area contributed by atoms with Gasteiger partial charge in [-0.15, -0.1) is 0 Å². The zero-order valence-corrected chi connectivity index (χ0v) is 15.1. The van der Waals surface area contributed by atoms with Crippen LogP contribution in [-0.4, -0.2) is 11.8 Å². The summed E-state index contributed by atoms with van der Waals surface area (Å²) in [6.07, 6.45) is 3.48. The Bertz CT molecular complexity index is 925. The molecule has 0 radical (unpaired) electrons. The molecule has 0 amide bonds. The SMILES string of the molecule is Cc1cc(OC(=O)C2CC2)cc2c1C(=O)/C(=C/c1ccccc1Br)O2. The number of halogens is 1. The topological polar surface area (TPSA) is 52.6 Å². The lowest BCUT2D eigenvalue weighted by Crippen LogP contribution is -2.10. The smallest absolute Gasteiger partial charge is 0.314 e. The molecule has 0 unspecified atom stereocenters. The van der Waals surface area contributed by atoms with E-state index in [1.165, 1.54) is 0 Å². The highest BCUT2D eigenvalue weighted by molar-refractivity contribution is 9.10. The molecule has 0 bridgehead atoms. The van der Waals surface area contributed by atoms with Crippen molar-refractivity contribution in [3.63, 3.8) is 0 Å². The van der Waals surface area contributed by atoms with Crippen LogP contribution in [0.4, 0.5) is 0 Å². The highest BCUT2D eigenvalue weighted by Gasteiger charge is 2.33. The molecule has 25 heavy (non-hydrogen) atoms. The van der Waals surface area contributed by atoms with Crippen molar-refractivity contribution in [1.29, 1.82) is 0 Å². The maximum Gasteiger partial charge on any atom is 0.314 e. The molecule has 2 aromatic carbocycles. The summed E-state index contributed by atoms with van der Waals surface area (Å²) in [4.78, 5) is 24.5. The zero-order chi connectivity index (χ0) is 17.6. The Hall–Kier alpha value is -2.40. The Morgan fingerprint density at radius 1 is 1.28 bits per heavy atom. The molecule has 4 nitrogen and oxygen atoms in total. The third-order valence-electron chi connectivity index (χ3n) is 4.26. The van der Waals surface area contributed by atoms with Crippen LogP contribution in [0.15, 0.2) is 46.6 Å². The molecule has 5 heteroatoms. The van der Waals surface area contributed by atoms with Crippen LogP contribution in [0.1, 0.15) is 34.3 Å². The first-order chi connectivity index (χ1) is 12.0. The van der Waals surface area contributed by atoms with Crippen LogP contribution in [0.5, 0.6) is 11.5 Å². The minimum Gasteiger partial charge on any atom is -0.452 e. The van der Waals surface area contributed by atoms with E-state index in [0.717, 1.165) is 28.4 Å². The molecule has 1 heterocycles. The second-order valence-corrected chi connectivity index (χ2v) is 7.12. The van der Waals surface area contributed by atoms with Crippen LogP contribution < -0.4 is 9.47 Å². The average Bonchev–Trinajstić information content (AvgIpc) is 3.36. The lowest BCUT2D eigenvalue weighted by atomic mass is 10.0. The Labute approximate surface area is 153 Å². The minimum atomic E-state index is -0.215. The van der Waals surface area contributed by atoms with Crippen LogP contribution >= 0.6 is 15.9 Å². The molecule has 0 spiro atoms. The maximum absolute atomic E-state index is 12.7. The molecule has 1 fully saturated rings. The Balaban J connectivity index is 1.65. The first-order valence-corrected chi connectivity index (χ1v) is 8.87. The average molecular weight is 399 g/mol. The highest BCUT2D eigenvalue weighted by atomic mass is 79.9. The highest BCUT2D eigenvalue weighted by Crippen LogP contribution is 2.39. The number of ketones is 1. The molecule has 0 saturated heterocycles. The Kier molecular flexibility index (Phi) is 3.96. The van der Waals surface area contributed by atoms with Gasteiger partial charge in [0, 0.05) is 10.5 Å². The van der Waals surface area contributed by atoms with Crippen LogP contribution in [0, 0.1) is 12.8 Å². The number of hydrogen-bond donors (Lipinski definition) is 0. The van der Waals surface area contributed by atoms with Crippen molar-refractivity contribution >= 4 is 33.8 Å². The summed E-state index contributed by atoms with van der Waals surface area (Å²) >= 11 is 3.46. The van der Waals surface area contributed by atoms with E-state index in [2.05, 4.69) is 15.9 Å². The van der Waals surface area contributed by atoms with Gasteiger partial charge in [0.1, 0.15) is 11.5 Å². The largest absolute Gasteiger partial charge is 0.452 e. The number of carbonyl (C=O) groups is 2. The first-order valence-electron chi connectivity index (χ1n) is 8.08. The Morgan fingerprint density at radius 2 is 2.04 bits per heavy atom. The zero-order valence-electron chi connectivity index (χ0n) is 13.5. The summed E-state index contributed by atoms with van der Waals surface area (Å²) in [5.74, 6) is 0.749. The fourth-order valence-electron chi connectivity index (χ4n) is 2.79. The molecular weight excluding hydrogens is 384 g/mol. The molecule has 2 aromatic rings. The van der Waals surface area contributed by atoms with Crippen molar-refractivity contribution in [3.8, 4) is 11.5 Å². The summed E-state index contributed by atoms with van der Waals surface area (Å²) in [5, 5.41) is 0. The molecule has 1 aliphatic carbocycles. The number of allylic oxidation sites excluding steroid dienone is 1. The fourth-order valence-corrected chi connectivity index (χ4v) is 3.19. The monoisotopic (exact) mass is 398 g/mol. The van der Waals surface area contributed by atoms with E-state index in [4.69, 9.17) is 9.47 Å². The molecule has 126 valence electrons. The van der Waals surface area contributed by atoms with E-state index in [-0.39, 0.29) is 23.4 Å². The van der Waals surface area contributed by atoms with Gasteiger partial charge in [-0.25, -0.2) is 0 Å². The number of fused-ring (bicyclic) bond motifs is 1. The van der Waals surface area contributed by atoms with Gasteiger partial charge < -0.3 is 9.47 Å². The van der Waals surface area contributed by atoms with Gasteiger partial charge in [-0.05, 0) is 49.1 Å². The van der Waals surface area contributed by atoms with Crippen LogP contribution in [0.2, 0.25) is 0 Å². The van der Waals surface area contributed by atoms with E-state index in [0.29, 0.717) is 17.1 Å². The number of carbonyl (C=O) groups excluding carboxylic acids is 2. The van der Waals surface area contributed by atoms with Gasteiger partial charge in [0.25, 0.3) is 0 Å². The third-order valence-corrected chi connectivity index (χ3v) is 4.99. The Morgan fingerprint density at radius 3 is 2.76 bits per heavy atom. The van der Waals surface area contributed by atoms with Crippen molar-refractivity contribution in [1.82, 2.24) is 0 Å². The number of hydrogen-bond acceptors (Lipinski definition) is 4. The normalized spacial score (nSPS) is 17.4. The third kappa shape index (κ3) is 3.12. The molecule has 0 atom stereocenters. The van der Waals surface area contributed by atoms with Crippen LogP contribution in [-0.2, 0) is 4.79 Å². The quantitative estimate of drug-likeness (QED) is 0.427. The summed E-state index contributed by atoms with van der Waals surface area (Å²) < 4.78 is 12.0. The van der Waals surface area contributed by atoms with Gasteiger partial charge in [0.2, 0.25) is 5.78 Å². The van der Waals surface area contributed by atoms with Gasteiger partial charge in [-0.3, -0.25) is 9.59 Å². The minimum absolute atomic E-state index is 0.0157. The van der Waals surface area contributed by atoms with Gasteiger partial charge in [0.05, 0.1) is 11.5 Å². The number of esters is 1. The van der Waals surface area contributed by atoms with E-state index in [1.807, 2.05) is 31.2 Å². The van der Waals surface area contributed by atoms with E-state index < -0.39 is 0 Å². The number of ether oxygens (including phenoxy) is 2. The van der Waals surface area contributed by atoms with Gasteiger partial charge in [-0.1, -0.05) is 34.1 Å². The molecule has 1 aliphatic heterocycles. The van der Waals surface area contributed by atoms with Crippen molar-refractivity contribution in [2.75, 3.05) is 0 Å². The standard InChI is InChI=1S/C20H15BrO4/c1-11-8-14(24-20(23)12-6-7-12)10-16-18(11)19(22)17(25-16)9-13-4-2-3-5-15(13)21/h2-5,8-10,12H,6-7H2,1H3/b17-9-. The van der Waals surface area contributed by atoms with Gasteiger partial charge in [0.15, 0.2) is 5.76 Å². The summed E-state index contributed by atoms with van der Waals surface area (Å²) in [6.45, 7) is 1.82. The molecular formula is C20H15BrO4. The van der Waals surface area contributed by atoms with Crippen molar-refractivity contribution in [3.05, 3.63) is 63.3 Å². The van der Waals surface area contributed by atoms with E-state index in [1.54, 1.807) is 18.2 Å². The lowest BCUT2D eigenvalue weighted by Gasteiger charge is -2.07. The summed E-state index contributed by atoms with van der Waals surface area (Å²) in [6, 6.07) is 10.9. The molecule has 1 saturated carbocycles. The second-order valence-electron chi connectivity index (χ2n) is 6.27. The van der Waals surface area contributed by atoms with Gasteiger partial charge in [-0.2, -0.15) is 0 Å². The van der Waals surface area contributed by atoms with Crippen LogP contribution in [0.3, 0.4) is 0 Å². The van der Waals surface area contributed by atoms with Gasteiger partial charge >= 0.3 is 5.97 Å². The molecule has 0 N–H and O–H groups in total. The first kappa shape index (κ1) is 16.1. The summed E-state index contributed by atoms with van der Waals surface area (Å²) in [7, 11) is 0. The molecule has 2 aliphatic rings. The number of benzene rings is 2. The molecule has 0 aromatic heterocycles. The fraction of sp³-hybridized carbons (Fsp3) is 0.200. The number of Topliss-reactive ketones (excluding diaryl/α,β-unsaturated/α-hetero) is 1. The lowest BCUT2D eigenvalue weighted by molar-refractivity contribution is -0.135. The molecule has 4 rings (SSSR count). The van der Waals surface area contributed by atoms with Crippen molar-refractivity contribution < 1.29 is 19.1 Å². The number of rotatable bonds is 3. The summed E-state index contributed by atoms with van der Waals surface area (Å²) in [5.41, 5.74) is 2.11. The maximum atomic E-state index is 12.7. The predicted octanol–water partition coefficient (Wildman–Crippen LogP) is 4.69. The van der Waals surface area contributed by atoms with Crippen molar-refractivity contribution in [2.24, 2.45) is 5.92 Å². The van der Waals surface area contributed by atoms with E-state index >= 15 is 0 Å². The van der Waals surface area contributed by atoms with Crippen LogP contribution in [0.25, 0.3) is 6.08 Å². The predicted molar refractivity (Wildman–Crippen MR) is 96.6 cm³/mol. The second kappa shape index (κ2) is 6.15. The van der Waals surface area contributed by atoms with E-state index in [9.17, 15) is 9.59 Å².